The van der Waals surface area contributed by atoms with Gasteiger partial charge in [-0.25, -0.2) is 4.57 Å². The molecule has 0 radical (unpaired) electrons. The molecule has 10 heteroatoms. The van der Waals surface area contributed by atoms with Crippen molar-refractivity contribution >= 4 is 19.7 Å². The van der Waals surface area contributed by atoms with Crippen molar-refractivity contribution in [1.82, 2.24) is 5.32 Å². The molecule has 0 rings (SSSR count). The number of carbonyl (C=O) groups excluding carboxylic acids is 2. The van der Waals surface area contributed by atoms with Crippen molar-refractivity contribution in [1.29, 1.82) is 0 Å². The van der Waals surface area contributed by atoms with Gasteiger partial charge in [-0.1, -0.05) is 156 Å². The van der Waals surface area contributed by atoms with Gasteiger partial charge in [0.15, 0.2) is 0 Å². The molecular weight excluding hydrogens is 750 g/mol. The maximum absolute atomic E-state index is 12.1. The second-order valence-corrected chi connectivity index (χ2v) is 15.7. The molecule has 0 spiro atoms. The maximum atomic E-state index is 12.1. The highest BCUT2D eigenvalue weighted by atomic mass is 31.2. The van der Waals surface area contributed by atoms with Gasteiger partial charge in [-0.3, -0.25) is 18.6 Å². The highest BCUT2D eigenvalue weighted by Crippen LogP contribution is 2.42. The molecule has 0 aliphatic rings. The van der Waals surface area contributed by atoms with Crippen molar-refractivity contribution in [2.24, 2.45) is 0 Å². The van der Waals surface area contributed by atoms with E-state index in [4.69, 9.17) is 13.8 Å². The molecule has 0 saturated heterocycles. The van der Waals surface area contributed by atoms with E-state index in [1.54, 1.807) is 0 Å². The molecule has 0 aromatic rings. The van der Waals surface area contributed by atoms with Crippen molar-refractivity contribution < 1.29 is 37.9 Å². The highest BCUT2D eigenvalue weighted by molar-refractivity contribution is 7.47. The summed E-state index contributed by atoms with van der Waals surface area (Å²) in [7, 11) is -4.44. The summed E-state index contributed by atoms with van der Waals surface area (Å²) in [6, 6.07) is 0. The Morgan fingerprint density at radius 1 is 0.552 bits per heavy atom. The normalized spacial score (nSPS) is 14.2. The van der Waals surface area contributed by atoms with Crippen LogP contribution >= 0.6 is 7.82 Å². The first-order valence-corrected chi connectivity index (χ1v) is 23.7. The van der Waals surface area contributed by atoms with Crippen LogP contribution in [0.15, 0.2) is 97.2 Å². The first kappa shape index (κ1) is 54.9. The van der Waals surface area contributed by atoms with Crippen LogP contribution in [0.2, 0.25) is 0 Å². The smallest absolute Gasteiger partial charge is 0.463 e. The minimum Gasteiger partial charge on any atom is -0.463 e. The Bertz CT molecular complexity index is 1270. The number of ether oxygens (including phenoxy) is 1. The molecule has 0 heterocycles. The fraction of sp³-hybridized carbons (Fsp3) is 0.625. The van der Waals surface area contributed by atoms with Crippen molar-refractivity contribution in [2.45, 2.75) is 168 Å². The fourth-order valence-corrected chi connectivity index (χ4v) is 6.18. The lowest BCUT2D eigenvalue weighted by Crippen LogP contribution is -2.27. The molecule has 2 atom stereocenters. The number of allylic oxidation sites excluding steroid dienone is 16. The van der Waals surface area contributed by atoms with Gasteiger partial charge in [0.1, 0.15) is 12.7 Å². The Hall–Kier alpha value is -3.07. The van der Waals surface area contributed by atoms with Crippen molar-refractivity contribution in [3.8, 4) is 0 Å². The lowest BCUT2D eigenvalue weighted by Gasteiger charge is -2.15. The fourth-order valence-electron chi connectivity index (χ4n) is 5.42. The van der Waals surface area contributed by atoms with Crippen LogP contribution in [0.25, 0.3) is 0 Å². The van der Waals surface area contributed by atoms with Crippen molar-refractivity contribution in [2.75, 3.05) is 26.4 Å². The van der Waals surface area contributed by atoms with E-state index in [0.717, 1.165) is 83.5 Å². The van der Waals surface area contributed by atoms with Gasteiger partial charge in [-0.05, 0) is 89.9 Å². The van der Waals surface area contributed by atoms with Gasteiger partial charge in [0, 0.05) is 19.4 Å². The molecule has 1 amide bonds. The summed E-state index contributed by atoms with van der Waals surface area (Å²) in [6.45, 7) is 3.33. The summed E-state index contributed by atoms with van der Waals surface area (Å²) >= 11 is 0. The van der Waals surface area contributed by atoms with Crippen molar-refractivity contribution in [3.63, 3.8) is 0 Å². The summed E-state index contributed by atoms with van der Waals surface area (Å²) in [5.41, 5.74) is 0. The van der Waals surface area contributed by atoms with Crippen LogP contribution in [0.5, 0.6) is 0 Å². The number of nitrogens with one attached hydrogen (secondary N) is 1. The van der Waals surface area contributed by atoms with Gasteiger partial charge in [-0.15, -0.1) is 0 Å². The predicted molar refractivity (Wildman–Crippen MR) is 242 cm³/mol. The predicted octanol–water partition coefficient (Wildman–Crippen LogP) is 12.6. The van der Waals surface area contributed by atoms with E-state index in [1.807, 2.05) is 6.08 Å². The Morgan fingerprint density at radius 2 is 1.00 bits per heavy atom. The molecule has 2 unspecified atom stereocenters. The molecule has 0 saturated carbocycles. The van der Waals surface area contributed by atoms with Crippen LogP contribution in [0.4, 0.5) is 0 Å². The lowest BCUT2D eigenvalue weighted by molar-refractivity contribution is -0.147. The molecule has 58 heavy (non-hydrogen) atoms. The first-order valence-electron chi connectivity index (χ1n) is 22.2. The average molecular weight is 830 g/mol. The number of rotatable bonds is 40. The number of hydrogen-bond donors (Lipinski definition) is 3. The van der Waals surface area contributed by atoms with E-state index < -0.39 is 26.5 Å². The van der Waals surface area contributed by atoms with Gasteiger partial charge in [-0.2, -0.15) is 0 Å². The standard InChI is InChI=1S/C48H80NO8P/c1-3-5-7-9-11-13-15-17-19-20-21-22-23-24-25-26-27-29-31-33-35-37-39-41-48(52)55-44-46(50)45-57-58(53,54)56-43-42-49-47(51)40-38-36-34-32-30-28-18-16-14-12-10-8-6-4-2/h5,7,11,13,16-19,21-22,24-25,27,29,33,35,46,50H,3-4,6,8-10,12,14-15,20,23,26,28,30-32,34,36-45H2,1-2H3,(H,49,51)(H,53,54)/b7-5-,13-11-,18-16-,19-17-,22-21-,25-24-,29-27-,35-33-. The number of unbranched alkanes of at least 4 members (excludes halogenated alkanes) is 11. The van der Waals surface area contributed by atoms with Crippen LogP contribution in [-0.2, 0) is 27.9 Å². The second kappa shape index (κ2) is 43.5. The van der Waals surface area contributed by atoms with E-state index >= 15 is 0 Å². The third-order valence-corrected chi connectivity index (χ3v) is 9.73. The molecule has 0 aliphatic carbocycles. The largest absolute Gasteiger partial charge is 0.472 e. The summed E-state index contributed by atoms with van der Waals surface area (Å²) in [5, 5.41) is 12.7. The minimum atomic E-state index is -4.44. The number of hydrogen-bond acceptors (Lipinski definition) is 7. The Kier molecular flexibility index (Phi) is 41.2. The monoisotopic (exact) mass is 830 g/mol. The zero-order valence-electron chi connectivity index (χ0n) is 36.2. The van der Waals surface area contributed by atoms with E-state index in [-0.39, 0.29) is 32.1 Å². The van der Waals surface area contributed by atoms with E-state index in [1.165, 1.54) is 44.9 Å². The molecule has 0 bridgehead atoms. The Labute approximate surface area is 353 Å². The van der Waals surface area contributed by atoms with Gasteiger partial charge >= 0.3 is 13.8 Å². The van der Waals surface area contributed by atoms with Gasteiger partial charge in [0.2, 0.25) is 5.91 Å². The first-order chi connectivity index (χ1) is 28.3. The molecule has 9 nitrogen and oxygen atoms in total. The van der Waals surface area contributed by atoms with Crippen LogP contribution in [0, 0.1) is 0 Å². The van der Waals surface area contributed by atoms with Crippen LogP contribution < -0.4 is 5.32 Å². The number of aliphatic hydroxyl groups is 1. The summed E-state index contributed by atoms with van der Waals surface area (Å²) in [4.78, 5) is 33.9. The molecule has 330 valence electrons. The lowest BCUT2D eigenvalue weighted by atomic mass is 10.1. The van der Waals surface area contributed by atoms with Crippen molar-refractivity contribution in [3.05, 3.63) is 97.2 Å². The highest BCUT2D eigenvalue weighted by Gasteiger charge is 2.23. The minimum absolute atomic E-state index is 0.0650. The maximum Gasteiger partial charge on any atom is 0.472 e. The summed E-state index contributed by atoms with van der Waals surface area (Å²) in [5.74, 6) is -0.594. The summed E-state index contributed by atoms with van der Waals surface area (Å²) < 4.78 is 26.8. The van der Waals surface area contributed by atoms with Crippen LogP contribution in [0.1, 0.15) is 162 Å². The van der Waals surface area contributed by atoms with Crippen LogP contribution in [-0.4, -0.2) is 54.3 Å². The zero-order valence-corrected chi connectivity index (χ0v) is 37.1. The molecule has 0 aromatic heterocycles. The zero-order chi connectivity index (χ0) is 42.5. The molecule has 0 fully saturated rings. The molecule has 0 aliphatic heterocycles. The molecule has 0 aromatic carbocycles. The molecule has 3 N–H and O–H groups in total. The topological polar surface area (TPSA) is 131 Å². The number of phosphoric ester groups is 1. The van der Waals surface area contributed by atoms with E-state index in [0.29, 0.717) is 12.8 Å². The number of amides is 1. The number of phosphoric acid groups is 1. The number of esters is 1. The number of aliphatic hydroxyl groups excluding tert-OH is 1. The van der Waals surface area contributed by atoms with Gasteiger partial charge < -0.3 is 20.1 Å². The van der Waals surface area contributed by atoms with E-state index in [9.17, 15) is 24.2 Å². The van der Waals surface area contributed by atoms with Crippen LogP contribution in [0.3, 0.4) is 0 Å². The Morgan fingerprint density at radius 3 is 1.53 bits per heavy atom. The quantitative estimate of drug-likeness (QED) is 0.0241. The Balaban J connectivity index is 3.74. The van der Waals surface area contributed by atoms with Gasteiger partial charge in [0.05, 0.1) is 13.2 Å². The average Bonchev–Trinajstić information content (AvgIpc) is 3.21. The molecular formula is C48H80NO8P. The summed E-state index contributed by atoms with van der Waals surface area (Å²) in [6.07, 6.45) is 56.3. The van der Waals surface area contributed by atoms with Gasteiger partial charge in [0.25, 0.3) is 0 Å². The third kappa shape index (κ3) is 44.0. The SMILES string of the molecule is CC/C=C\C/C=C\C/C=C\C/C=C\C/C=C\C/C=C\C/C=C\CCCC(=O)OCC(O)COP(=O)(O)OCCNC(=O)CCCCCCC/C=C\CCCCCCC. The van der Waals surface area contributed by atoms with E-state index in [2.05, 4.69) is 110 Å². The number of carbonyl (C=O) groups is 2. The third-order valence-electron chi connectivity index (χ3n) is 8.75. The second-order valence-electron chi connectivity index (χ2n) is 14.3.